The predicted molar refractivity (Wildman–Crippen MR) is 191 cm³/mol. The van der Waals surface area contributed by atoms with Crippen LogP contribution in [0.15, 0.2) is 128 Å². The monoisotopic (exact) mass is 606 g/mol. The van der Waals surface area contributed by atoms with E-state index in [2.05, 4.69) is 145 Å². The third-order valence-electron chi connectivity index (χ3n) is 10.1. The van der Waals surface area contributed by atoms with Crippen molar-refractivity contribution in [1.29, 1.82) is 0 Å². The van der Waals surface area contributed by atoms with Gasteiger partial charge in [0, 0.05) is 50.4 Å². The van der Waals surface area contributed by atoms with Crippen molar-refractivity contribution in [3.05, 3.63) is 144 Å². The van der Waals surface area contributed by atoms with Crippen LogP contribution in [0.25, 0.3) is 66.2 Å². The third-order valence-corrected chi connectivity index (χ3v) is 10.1. The summed E-state index contributed by atoms with van der Waals surface area (Å²) in [5, 5.41) is 5.82. The van der Waals surface area contributed by atoms with Gasteiger partial charge < -0.3 is 4.74 Å². The van der Waals surface area contributed by atoms with Crippen molar-refractivity contribution in [1.82, 2.24) is 18.9 Å². The topological polar surface area (TPSA) is 44.3 Å². The molecule has 0 fully saturated rings. The largest absolute Gasteiger partial charge is 0.457 e. The van der Waals surface area contributed by atoms with Gasteiger partial charge in [0.25, 0.3) is 0 Å². The van der Waals surface area contributed by atoms with Crippen molar-refractivity contribution in [2.75, 3.05) is 0 Å². The summed E-state index contributed by atoms with van der Waals surface area (Å²) in [5.41, 5.74) is 10.0. The van der Waals surface area contributed by atoms with E-state index >= 15 is 0 Å². The summed E-state index contributed by atoms with van der Waals surface area (Å²) in [6, 6.07) is 42.8. The van der Waals surface area contributed by atoms with E-state index in [1.54, 1.807) is 0 Å². The first kappa shape index (κ1) is 26.3. The minimum atomic E-state index is -0.154. The average Bonchev–Trinajstić information content (AvgIpc) is 3.63. The number of imidazole rings is 1. The molecular weight excluding hydrogens is 576 g/mol. The highest BCUT2D eigenvalue weighted by molar-refractivity contribution is 6.13. The maximum absolute atomic E-state index is 6.68. The lowest BCUT2D eigenvalue weighted by molar-refractivity contribution is 0.484. The van der Waals surface area contributed by atoms with E-state index in [0.717, 1.165) is 61.7 Å². The highest BCUT2D eigenvalue weighted by Crippen LogP contribution is 2.47. The summed E-state index contributed by atoms with van der Waals surface area (Å²) in [5.74, 6) is 2.53. The molecule has 1 aliphatic rings. The van der Waals surface area contributed by atoms with Crippen LogP contribution in [0.5, 0.6) is 11.5 Å². The molecule has 5 aromatic carbocycles. The van der Waals surface area contributed by atoms with Gasteiger partial charge in [-0.25, -0.2) is 9.97 Å². The molecule has 4 aromatic heterocycles. The minimum absolute atomic E-state index is 0.154. The lowest BCUT2D eigenvalue weighted by Crippen LogP contribution is -2.26. The minimum Gasteiger partial charge on any atom is -0.457 e. The van der Waals surface area contributed by atoms with Crippen molar-refractivity contribution in [3.8, 4) is 28.6 Å². The number of rotatable bonds is 3. The lowest BCUT2D eigenvalue weighted by Gasteiger charge is -2.33. The normalized spacial score (nSPS) is 13.6. The van der Waals surface area contributed by atoms with Gasteiger partial charge in [-0.1, -0.05) is 86.6 Å². The summed E-state index contributed by atoms with van der Waals surface area (Å²) in [4.78, 5) is 10.1. The quantitative estimate of drug-likeness (QED) is 0.188. The predicted octanol–water partition coefficient (Wildman–Crippen LogP) is 10.5. The molecule has 0 atom stereocenters. The van der Waals surface area contributed by atoms with Gasteiger partial charge in [-0.15, -0.1) is 0 Å². The number of fused-ring (bicyclic) bond motifs is 11. The molecule has 0 N–H and O–H groups in total. The van der Waals surface area contributed by atoms with Crippen LogP contribution in [0, 0.1) is 6.92 Å². The fraction of sp³-hybridized carbons (Fsp3) is 0.0952. The Balaban J connectivity index is 1.17. The Labute approximate surface area is 271 Å². The first-order chi connectivity index (χ1) is 23.0. The van der Waals surface area contributed by atoms with E-state index in [1.165, 1.54) is 32.8 Å². The second-order valence-corrected chi connectivity index (χ2v) is 13.1. The number of pyridine rings is 2. The van der Waals surface area contributed by atoms with Gasteiger partial charge in [0.2, 0.25) is 0 Å². The molecule has 0 saturated heterocycles. The van der Waals surface area contributed by atoms with E-state index in [9.17, 15) is 0 Å². The molecule has 5 heterocycles. The molecule has 5 heteroatoms. The van der Waals surface area contributed by atoms with Gasteiger partial charge in [-0.3, -0.25) is 8.97 Å². The molecule has 9 aromatic rings. The van der Waals surface area contributed by atoms with Crippen molar-refractivity contribution in [3.63, 3.8) is 0 Å². The van der Waals surface area contributed by atoms with Crippen molar-refractivity contribution >= 4 is 49.1 Å². The molecule has 0 unspecified atom stereocenters. The summed E-state index contributed by atoms with van der Waals surface area (Å²) in [7, 11) is 0. The first-order valence-corrected chi connectivity index (χ1v) is 16.1. The van der Waals surface area contributed by atoms with Crippen molar-refractivity contribution < 1.29 is 4.74 Å². The Morgan fingerprint density at radius 2 is 1.34 bits per heavy atom. The van der Waals surface area contributed by atoms with Crippen molar-refractivity contribution in [2.45, 2.75) is 26.2 Å². The standard InChI is InChI=1S/C42H30N4O/c1-25-38(26-11-5-4-6-12-26)45-36-17-8-7-13-30(36)29-20-18-27(23-33(29)40(45)44-25)47-28-19-21-31-32-14-9-15-34-39(32)46(37(31)24-28)41-35(42(34,2)3)16-10-22-43-41/h4-24H,1-3H3. The van der Waals surface area contributed by atoms with E-state index in [4.69, 9.17) is 14.7 Å². The van der Waals surface area contributed by atoms with Gasteiger partial charge in [0.1, 0.15) is 23.0 Å². The Hall–Kier alpha value is -5.94. The zero-order valence-corrected chi connectivity index (χ0v) is 26.3. The second-order valence-electron chi connectivity index (χ2n) is 13.1. The molecule has 0 saturated carbocycles. The maximum atomic E-state index is 6.68. The van der Waals surface area contributed by atoms with E-state index < -0.39 is 0 Å². The Morgan fingerprint density at radius 1 is 0.617 bits per heavy atom. The zero-order chi connectivity index (χ0) is 31.4. The van der Waals surface area contributed by atoms with Crippen LogP contribution in [0.2, 0.25) is 0 Å². The lowest BCUT2D eigenvalue weighted by atomic mass is 9.76. The van der Waals surface area contributed by atoms with Crippen LogP contribution in [0.1, 0.15) is 30.7 Å². The van der Waals surface area contributed by atoms with Gasteiger partial charge in [0.15, 0.2) is 0 Å². The van der Waals surface area contributed by atoms with Crippen LogP contribution in [-0.4, -0.2) is 18.9 Å². The molecule has 47 heavy (non-hydrogen) atoms. The van der Waals surface area contributed by atoms with Crippen molar-refractivity contribution in [2.24, 2.45) is 0 Å². The number of benzene rings is 5. The summed E-state index contributed by atoms with van der Waals surface area (Å²) in [6.45, 7) is 6.68. The van der Waals surface area contributed by atoms with Gasteiger partial charge >= 0.3 is 0 Å². The summed E-state index contributed by atoms with van der Waals surface area (Å²) >= 11 is 0. The van der Waals surface area contributed by atoms with Crippen LogP contribution < -0.4 is 4.74 Å². The Bertz CT molecular complexity index is 2750. The molecule has 0 radical (unpaired) electrons. The molecule has 0 bridgehead atoms. The molecule has 10 rings (SSSR count). The van der Waals surface area contributed by atoms with Crippen LogP contribution in [0.4, 0.5) is 0 Å². The first-order valence-electron chi connectivity index (χ1n) is 16.1. The number of hydrogen-bond donors (Lipinski definition) is 0. The average molecular weight is 607 g/mol. The highest BCUT2D eigenvalue weighted by atomic mass is 16.5. The molecular formula is C42H30N4O. The smallest absolute Gasteiger partial charge is 0.146 e. The zero-order valence-electron chi connectivity index (χ0n) is 26.3. The number of aromatic nitrogens is 4. The molecule has 0 spiro atoms. The fourth-order valence-electron chi connectivity index (χ4n) is 7.96. The van der Waals surface area contributed by atoms with E-state index in [1.807, 2.05) is 12.3 Å². The van der Waals surface area contributed by atoms with E-state index in [-0.39, 0.29) is 5.41 Å². The molecule has 0 aliphatic carbocycles. The van der Waals surface area contributed by atoms with E-state index in [0.29, 0.717) is 0 Å². The summed E-state index contributed by atoms with van der Waals surface area (Å²) < 4.78 is 11.3. The Kier molecular flexibility index (Phi) is 5.20. The van der Waals surface area contributed by atoms with Gasteiger partial charge in [-0.2, -0.15) is 0 Å². The maximum Gasteiger partial charge on any atom is 0.146 e. The van der Waals surface area contributed by atoms with Crippen LogP contribution >= 0.6 is 0 Å². The van der Waals surface area contributed by atoms with Gasteiger partial charge in [-0.05, 0) is 60.3 Å². The third kappa shape index (κ3) is 3.54. The second kappa shape index (κ2) is 9.30. The number of aryl methyl sites for hydroxylation is 1. The fourth-order valence-corrected chi connectivity index (χ4v) is 7.96. The number of ether oxygens (including phenoxy) is 1. The SMILES string of the molecule is Cc1nc2c3cc(Oc4ccc5c6cccc7c6n(c5c4)-c4ncccc4C7(C)C)ccc3c3ccccc3n2c1-c1ccccc1. The molecule has 1 aliphatic heterocycles. The Morgan fingerprint density at radius 3 is 2.21 bits per heavy atom. The van der Waals surface area contributed by atoms with Crippen LogP contribution in [0.3, 0.4) is 0 Å². The van der Waals surface area contributed by atoms with Gasteiger partial charge in [0.05, 0.1) is 27.9 Å². The highest BCUT2D eigenvalue weighted by Gasteiger charge is 2.35. The van der Waals surface area contributed by atoms with Crippen LogP contribution in [-0.2, 0) is 5.41 Å². The number of hydrogen-bond acceptors (Lipinski definition) is 3. The number of para-hydroxylation sites is 2. The molecule has 224 valence electrons. The molecule has 5 nitrogen and oxygen atoms in total. The molecule has 0 amide bonds. The number of nitrogens with zero attached hydrogens (tertiary/aromatic N) is 4. The summed E-state index contributed by atoms with van der Waals surface area (Å²) in [6.07, 6.45) is 1.89.